The lowest BCUT2D eigenvalue weighted by atomic mass is 10.1. The lowest BCUT2D eigenvalue weighted by Crippen LogP contribution is -2.14. The number of rotatable bonds is 5. The Morgan fingerprint density at radius 2 is 1.78 bits per heavy atom. The van der Waals surface area contributed by atoms with Crippen LogP contribution in [0.5, 0.6) is 11.5 Å². The van der Waals surface area contributed by atoms with Gasteiger partial charge in [0.2, 0.25) is 5.82 Å². The van der Waals surface area contributed by atoms with Crippen molar-refractivity contribution in [3.05, 3.63) is 57.9 Å². The summed E-state index contributed by atoms with van der Waals surface area (Å²) in [7, 11) is 2.79. The van der Waals surface area contributed by atoms with Crippen LogP contribution >= 0.6 is 0 Å². The van der Waals surface area contributed by atoms with Crippen molar-refractivity contribution in [3.63, 3.8) is 0 Å². The Labute approximate surface area is 130 Å². The highest BCUT2D eigenvalue weighted by molar-refractivity contribution is 6.08. The molecule has 1 amide bonds. The Morgan fingerprint density at radius 1 is 1.17 bits per heavy atom. The minimum absolute atomic E-state index is 0.0797. The lowest BCUT2D eigenvalue weighted by molar-refractivity contribution is -0.387. The van der Waals surface area contributed by atoms with E-state index >= 15 is 0 Å². The Hall–Kier alpha value is -3.16. The average Bonchev–Trinajstić information content (AvgIpc) is 2.55. The first-order valence-electron chi connectivity index (χ1n) is 6.44. The van der Waals surface area contributed by atoms with Gasteiger partial charge in [-0.2, -0.15) is 4.39 Å². The molecule has 0 spiro atoms. The summed E-state index contributed by atoms with van der Waals surface area (Å²) in [4.78, 5) is 22.3. The molecule has 0 radical (unpaired) electrons. The van der Waals surface area contributed by atoms with Crippen LogP contribution in [0.2, 0.25) is 0 Å². The topological polar surface area (TPSA) is 90.7 Å². The summed E-state index contributed by atoms with van der Waals surface area (Å²) >= 11 is 0. The smallest absolute Gasteiger partial charge is 0.306 e. The van der Waals surface area contributed by atoms with Crippen LogP contribution in [0.25, 0.3) is 0 Å². The molecule has 8 heteroatoms. The van der Waals surface area contributed by atoms with Crippen LogP contribution in [0.4, 0.5) is 15.8 Å². The molecule has 0 aliphatic rings. The van der Waals surface area contributed by atoms with Crippen molar-refractivity contribution in [2.45, 2.75) is 0 Å². The van der Waals surface area contributed by atoms with E-state index in [-0.39, 0.29) is 22.7 Å². The molecule has 0 saturated carbocycles. The predicted octanol–water partition coefficient (Wildman–Crippen LogP) is 3.00. The third-order valence-corrected chi connectivity index (χ3v) is 3.06. The molecule has 0 aliphatic carbocycles. The number of nitro groups is 1. The maximum absolute atomic E-state index is 13.3. The molecule has 0 aromatic heterocycles. The SMILES string of the molecule is COc1cccc(OC)c1C(=O)Nc1ccc(F)c([N+](=O)[O-])c1. The largest absolute Gasteiger partial charge is 0.496 e. The molecule has 23 heavy (non-hydrogen) atoms. The normalized spacial score (nSPS) is 10.0. The Morgan fingerprint density at radius 3 is 2.30 bits per heavy atom. The second-order valence-electron chi connectivity index (χ2n) is 4.41. The predicted molar refractivity (Wildman–Crippen MR) is 80.6 cm³/mol. The molecule has 1 N–H and O–H groups in total. The van der Waals surface area contributed by atoms with Crippen LogP contribution in [-0.4, -0.2) is 25.1 Å². The van der Waals surface area contributed by atoms with Crippen LogP contribution in [0.1, 0.15) is 10.4 Å². The number of anilines is 1. The summed E-state index contributed by atoms with van der Waals surface area (Å²) in [6.45, 7) is 0. The van der Waals surface area contributed by atoms with Crippen LogP contribution in [-0.2, 0) is 0 Å². The highest BCUT2D eigenvalue weighted by atomic mass is 19.1. The van der Waals surface area contributed by atoms with Gasteiger partial charge in [0.1, 0.15) is 17.1 Å². The van der Waals surface area contributed by atoms with Gasteiger partial charge in [0.15, 0.2) is 0 Å². The van der Waals surface area contributed by atoms with Crippen LogP contribution in [0.3, 0.4) is 0 Å². The van der Waals surface area contributed by atoms with E-state index in [1.165, 1.54) is 20.3 Å². The lowest BCUT2D eigenvalue weighted by Gasteiger charge is -2.13. The third-order valence-electron chi connectivity index (χ3n) is 3.06. The van der Waals surface area contributed by atoms with Gasteiger partial charge >= 0.3 is 5.69 Å². The average molecular weight is 320 g/mol. The fourth-order valence-electron chi connectivity index (χ4n) is 2.00. The molecule has 0 aliphatic heterocycles. The Bertz CT molecular complexity index is 741. The van der Waals surface area contributed by atoms with E-state index in [0.717, 1.165) is 12.1 Å². The van der Waals surface area contributed by atoms with Gasteiger partial charge in [0, 0.05) is 11.8 Å². The molecular weight excluding hydrogens is 307 g/mol. The summed E-state index contributed by atoms with van der Waals surface area (Å²) in [5.74, 6) is -1.03. The molecular formula is C15H13FN2O5. The summed E-state index contributed by atoms with van der Waals surface area (Å²) < 4.78 is 23.6. The van der Waals surface area contributed by atoms with Gasteiger partial charge in [-0.3, -0.25) is 14.9 Å². The van der Waals surface area contributed by atoms with Gasteiger partial charge in [-0.15, -0.1) is 0 Å². The number of hydrogen-bond acceptors (Lipinski definition) is 5. The standard InChI is InChI=1S/C15H13FN2O5/c1-22-12-4-3-5-13(23-2)14(12)15(19)17-9-6-7-10(16)11(8-9)18(20)21/h3-8H,1-2H3,(H,17,19). The number of carbonyl (C=O) groups excluding carboxylic acids is 1. The van der Waals surface area contributed by atoms with Gasteiger partial charge in [0.25, 0.3) is 5.91 Å². The number of benzene rings is 2. The molecule has 120 valence electrons. The number of nitrogens with one attached hydrogen (secondary N) is 1. The number of halogens is 1. The number of amides is 1. The van der Waals surface area contributed by atoms with Crippen LogP contribution in [0, 0.1) is 15.9 Å². The first kappa shape index (κ1) is 16.2. The van der Waals surface area contributed by atoms with E-state index in [2.05, 4.69) is 5.32 Å². The number of ether oxygens (including phenoxy) is 2. The minimum Gasteiger partial charge on any atom is -0.496 e. The molecule has 7 nitrogen and oxygen atoms in total. The van der Waals surface area contributed by atoms with Crippen molar-refractivity contribution in [1.29, 1.82) is 0 Å². The van der Waals surface area contributed by atoms with Crippen molar-refractivity contribution >= 4 is 17.3 Å². The van der Waals surface area contributed by atoms with Crippen molar-refractivity contribution in [2.75, 3.05) is 19.5 Å². The minimum atomic E-state index is -0.983. The Balaban J connectivity index is 2.37. The summed E-state index contributed by atoms with van der Waals surface area (Å²) in [6, 6.07) is 7.87. The van der Waals surface area contributed by atoms with Gasteiger partial charge < -0.3 is 14.8 Å². The molecule has 0 atom stereocenters. The molecule has 0 fully saturated rings. The van der Waals surface area contributed by atoms with E-state index < -0.39 is 22.3 Å². The zero-order valence-corrected chi connectivity index (χ0v) is 12.3. The summed E-state index contributed by atoms with van der Waals surface area (Å²) in [6.07, 6.45) is 0. The van der Waals surface area contributed by atoms with Crippen molar-refractivity contribution < 1.29 is 23.6 Å². The van der Waals surface area contributed by atoms with Crippen LogP contribution in [0.15, 0.2) is 36.4 Å². The summed E-state index contributed by atoms with van der Waals surface area (Å²) in [5.41, 5.74) is -0.518. The van der Waals surface area contributed by atoms with Crippen LogP contribution < -0.4 is 14.8 Å². The van der Waals surface area contributed by atoms with Crippen molar-refractivity contribution in [1.82, 2.24) is 0 Å². The van der Waals surface area contributed by atoms with E-state index in [1.54, 1.807) is 18.2 Å². The first-order chi connectivity index (χ1) is 11.0. The molecule has 0 unspecified atom stereocenters. The molecule has 0 saturated heterocycles. The molecule has 2 aromatic rings. The zero-order chi connectivity index (χ0) is 17.0. The number of methoxy groups -OCH3 is 2. The molecule has 2 aromatic carbocycles. The van der Waals surface area contributed by atoms with Gasteiger partial charge in [-0.05, 0) is 24.3 Å². The zero-order valence-electron chi connectivity index (χ0n) is 12.3. The van der Waals surface area contributed by atoms with Gasteiger partial charge in [-0.1, -0.05) is 6.07 Å². The molecule has 0 heterocycles. The molecule has 0 bridgehead atoms. The second-order valence-corrected chi connectivity index (χ2v) is 4.41. The van der Waals surface area contributed by atoms with E-state index in [4.69, 9.17) is 9.47 Å². The highest BCUT2D eigenvalue weighted by Crippen LogP contribution is 2.29. The van der Waals surface area contributed by atoms with Crippen molar-refractivity contribution in [3.8, 4) is 11.5 Å². The quantitative estimate of drug-likeness (QED) is 0.675. The fraction of sp³-hybridized carbons (Fsp3) is 0.133. The van der Waals surface area contributed by atoms with E-state index in [1.807, 2.05) is 0 Å². The van der Waals surface area contributed by atoms with E-state index in [0.29, 0.717) is 0 Å². The first-order valence-corrected chi connectivity index (χ1v) is 6.44. The molecule has 2 rings (SSSR count). The van der Waals surface area contributed by atoms with Crippen molar-refractivity contribution in [2.24, 2.45) is 0 Å². The van der Waals surface area contributed by atoms with Gasteiger partial charge in [0.05, 0.1) is 19.1 Å². The highest BCUT2D eigenvalue weighted by Gasteiger charge is 2.20. The number of carbonyl (C=O) groups is 1. The number of hydrogen-bond donors (Lipinski definition) is 1. The summed E-state index contributed by atoms with van der Waals surface area (Å²) in [5, 5.41) is 13.2. The maximum Gasteiger partial charge on any atom is 0.306 e. The third kappa shape index (κ3) is 3.37. The number of nitrogens with zero attached hydrogens (tertiary/aromatic N) is 1. The fourth-order valence-corrected chi connectivity index (χ4v) is 2.00. The Kier molecular flexibility index (Phi) is 4.75. The second kappa shape index (κ2) is 6.73. The van der Waals surface area contributed by atoms with E-state index in [9.17, 15) is 19.3 Å². The maximum atomic E-state index is 13.3. The number of nitro benzene ring substituents is 1. The monoisotopic (exact) mass is 320 g/mol. The van der Waals surface area contributed by atoms with Gasteiger partial charge in [-0.25, -0.2) is 0 Å².